The van der Waals surface area contributed by atoms with E-state index >= 15 is 0 Å². The summed E-state index contributed by atoms with van der Waals surface area (Å²) in [7, 11) is 1.70. The Labute approximate surface area is 112 Å². The summed E-state index contributed by atoms with van der Waals surface area (Å²) in [6.45, 7) is 2.13. The van der Waals surface area contributed by atoms with Crippen LogP contribution in [-0.2, 0) is 11.3 Å². The molecule has 0 bridgehead atoms. The summed E-state index contributed by atoms with van der Waals surface area (Å²) in [5, 5.41) is 6.33. The lowest BCUT2D eigenvalue weighted by atomic mass is 10.4. The standard InChI is InChI=1S/C13H18N4O2/c1-18-8-3-6-14-12-5-7-15-13(17-12)16-10-11-4-2-9-19-11/h2,4-5,7,9H,3,6,8,10H2,1H3,(H2,14,15,16,17). The maximum Gasteiger partial charge on any atom is 0.224 e. The molecule has 0 aliphatic rings. The molecule has 0 aromatic carbocycles. The first-order chi connectivity index (χ1) is 9.38. The van der Waals surface area contributed by atoms with Gasteiger partial charge in [0.2, 0.25) is 5.95 Å². The van der Waals surface area contributed by atoms with Gasteiger partial charge in [0.1, 0.15) is 11.6 Å². The molecule has 0 unspecified atom stereocenters. The minimum atomic E-state index is 0.570. The molecule has 0 atom stereocenters. The van der Waals surface area contributed by atoms with Crippen LogP contribution >= 0.6 is 0 Å². The average Bonchev–Trinajstić information content (AvgIpc) is 2.95. The Hall–Kier alpha value is -2.08. The van der Waals surface area contributed by atoms with Crippen LogP contribution in [0, 0.1) is 0 Å². The minimum absolute atomic E-state index is 0.570. The lowest BCUT2D eigenvalue weighted by molar-refractivity contribution is 0.198. The number of rotatable bonds is 8. The Morgan fingerprint density at radius 1 is 1.32 bits per heavy atom. The Bertz CT molecular complexity index is 473. The third kappa shape index (κ3) is 4.59. The lowest BCUT2D eigenvalue weighted by Gasteiger charge is -2.07. The fourth-order valence-corrected chi connectivity index (χ4v) is 1.55. The summed E-state index contributed by atoms with van der Waals surface area (Å²) in [6.07, 6.45) is 4.30. The number of furan rings is 1. The second-order valence-corrected chi connectivity index (χ2v) is 3.97. The van der Waals surface area contributed by atoms with Crippen molar-refractivity contribution in [1.82, 2.24) is 9.97 Å². The molecule has 0 saturated heterocycles. The van der Waals surface area contributed by atoms with E-state index < -0.39 is 0 Å². The van der Waals surface area contributed by atoms with Crippen molar-refractivity contribution in [3.8, 4) is 0 Å². The molecule has 2 heterocycles. The third-order valence-corrected chi connectivity index (χ3v) is 2.49. The van der Waals surface area contributed by atoms with Gasteiger partial charge in [-0.15, -0.1) is 0 Å². The van der Waals surface area contributed by atoms with Crippen LogP contribution in [0.3, 0.4) is 0 Å². The molecule has 6 nitrogen and oxygen atoms in total. The Kier molecular flexibility index (Phi) is 5.18. The maximum atomic E-state index is 5.23. The van der Waals surface area contributed by atoms with Crippen molar-refractivity contribution < 1.29 is 9.15 Å². The number of anilines is 2. The second kappa shape index (κ2) is 7.38. The zero-order valence-electron chi connectivity index (χ0n) is 10.9. The highest BCUT2D eigenvalue weighted by Gasteiger charge is 2.00. The van der Waals surface area contributed by atoms with E-state index in [2.05, 4.69) is 20.6 Å². The number of hydrogen-bond donors (Lipinski definition) is 2. The van der Waals surface area contributed by atoms with Gasteiger partial charge in [0.05, 0.1) is 12.8 Å². The number of ether oxygens (including phenoxy) is 1. The molecule has 102 valence electrons. The molecule has 2 rings (SSSR count). The van der Waals surface area contributed by atoms with E-state index in [1.807, 2.05) is 18.2 Å². The number of methoxy groups -OCH3 is 1. The van der Waals surface area contributed by atoms with Gasteiger partial charge < -0.3 is 19.8 Å². The smallest absolute Gasteiger partial charge is 0.224 e. The van der Waals surface area contributed by atoms with E-state index in [1.54, 1.807) is 19.6 Å². The van der Waals surface area contributed by atoms with Crippen LogP contribution in [0.2, 0.25) is 0 Å². The Morgan fingerprint density at radius 3 is 3.05 bits per heavy atom. The van der Waals surface area contributed by atoms with E-state index in [0.717, 1.165) is 31.2 Å². The summed E-state index contributed by atoms with van der Waals surface area (Å²) in [4.78, 5) is 8.51. The molecule has 0 spiro atoms. The summed E-state index contributed by atoms with van der Waals surface area (Å²) >= 11 is 0. The van der Waals surface area contributed by atoms with Crippen LogP contribution in [0.5, 0.6) is 0 Å². The predicted octanol–water partition coefficient (Wildman–Crippen LogP) is 2.13. The number of nitrogens with one attached hydrogen (secondary N) is 2. The first-order valence-electron chi connectivity index (χ1n) is 6.20. The van der Waals surface area contributed by atoms with Crippen molar-refractivity contribution in [2.75, 3.05) is 30.9 Å². The zero-order valence-corrected chi connectivity index (χ0v) is 10.9. The molecule has 19 heavy (non-hydrogen) atoms. The maximum absolute atomic E-state index is 5.23. The highest BCUT2D eigenvalue weighted by Crippen LogP contribution is 2.08. The van der Waals surface area contributed by atoms with Crippen molar-refractivity contribution in [2.45, 2.75) is 13.0 Å². The van der Waals surface area contributed by atoms with E-state index in [-0.39, 0.29) is 0 Å². The molecule has 0 fully saturated rings. The Morgan fingerprint density at radius 2 is 2.26 bits per heavy atom. The van der Waals surface area contributed by atoms with Gasteiger partial charge in [-0.2, -0.15) is 4.98 Å². The van der Waals surface area contributed by atoms with Gasteiger partial charge in [0, 0.05) is 26.5 Å². The van der Waals surface area contributed by atoms with Crippen LogP contribution in [-0.4, -0.2) is 30.2 Å². The molecule has 2 N–H and O–H groups in total. The van der Waals surface area contributed by atoms with Gasteiger partial charge in [0.15, 0.2) is 0 Å². The van der Waals surface area contributed by atoms with Crippen molar-refractivity contribution >= 4 is 11.8 Å². The van der Waals surface area contributed by atoms with Gasteiger partial charge in [-0.3, -0.25) is 0 Å². The molecule has 0 radical (unpaired) electrons. The van der Waals surface area contributed by atoms with Crippen molar-refractivity contribution in [3.63, 3.8) is 0 Å². The van der Waals surface area contributed by atoms with Gasteiger partial charge in [-0.05, 0) is 24.6 Å². The number of aromatic nitrogens is 2. The van der Waals surface area contributed by atoms with Crippen LogP contribution < -0.4 is 10.6 Å². The fourth-order valence-electron chi connectivity index (χ4n) is 1.55. The van der Waals surface area contributed by atoms with Crippen molar-refractivity contribution in [2.24, 2.45) is 0 Å². The molecule has 0 amide bonds. The SMILES string of the molecule is COCCCNc1ccnc(NCc2ccco2)n1. The topological polar surface area (TPSA) is 72.2 Å². The van der Waals surface area contributed by atoms with E-state index in [9.17, 15) is 0 Å². The summed E-state index contributed by atoms with van der Waals surface area (Å²) in [5.41, 5.74) is 0. The molecule has 2 aromatic heterocycles. The molecule has 6 heteroatoms. The quantitative estimate of drug-likeness (QED) is 0.710. The van der Waals surface area contributed by atoms with Gasteiger partial charge in [-0.1, -0.05) is 0 Å². The van der Waals surface area contributed by atoms with E-state index in [4.69, 9.17) is 9.15 Å². The van der Waals surface area contributed by atoms with Crippen LogP contribution in [0.15, 0.2) is 35.1 Å². The average molecular weight is 262 g/mol. The highest BCUT2D eigenvalue weighted by atomic mass is 16.5. The normalized spacial score (nSPS) is 10.4. The van der Waals surface area contributed by atoms with Crippen LogP contribution in [0.1, 0.15) is 12.2 Å². The fraction of sp³-hybridized carbons (Fsp3) is 0.385. The number of nitrogens with zero attached hydrogens (tertiary/aromatic N) is 2. The molecule has 0 aliphatic heterocycles. The molecule has 0 aliphatic carbocycles. The van der Waals surface area contributed by atoms with E-state index in [1.165, 1.54) is 0 Å². The molecule has 2 aromatic rings. The summed E-state index contributed by atoms with van der Waals surface area (Å²) < 4.78 is 10.2. The predicted molar refractivity (Wildman–Crippen MR) is 73.0 cm³/mol. The zero-order chi connectivity index (χ0) is 13.3. The van der Waals surface area contributed by atoms with Gasteiger partial charge in [-0.25, -0.2) is 4.98 Å². The minimum Gasteiger partial charge on any atom is -0.467 e. The molecular weight excluding hydrogens is 244 g/mol. The lowest BCUT2D eigenvalue weighted by Crippen LogP contribution is -2.08. The Balaban J connectivity index is 1.81. The largest absolute Gasteiger partial charge is 0.467 e. The first-order valence-corrected chi connectivity index (χ1v) is 6.20. The molecular formula is C13H18N4O2. The van der Waals surface area contributed by atoms with E-state index in [0.29, 0.717) is 12.5 Å². The van der Waals surface area contributed by atoms with Gasteiger partial charge in [0.25, 0.3) is 0 Å². The van der Waals surface area contributed by atoms with Crippen LogP contribution in [0.4, 0.5) is 11.8 Å². The first kappa shape index (κ1) is 13.4. The summed E-state index contributed by atoms with van der Waals surface area (Å²) in [6, 6.07) is 5.59. The summed E-state index contributed by atoms with van der Waals surface area (Å²) in [5.74, 6) is 2.23. The number of hydrogen-bond acceptors (Lipinski definition) is 6. The van der Waals surface area contributed by atoms with Crippen molar-refractivity contribution in [1.29, 1.82) is 0 Å². The van der Waals surface area contributed by atoms with Crippen LogP contribution in [0.25, 0.3) is 0 Å². The monoisotopic (exact) mass is 262 g/mol. The third-order valence-electron chi connectivity index (χ3n) is 2.49. The molecule has 0 saturated carbocycles. The highest BCUT2D eigenvalue weighted by molar-refractivity contribution is 5.39. The second-order valence-electron chi connectivity index (χ2n) is 3.97. The van der Waals surface area contributed by atoms with Crippen molar-refractivity contribution in [3.05, 3.63) is 36.4 Å². The van der Waals surface area contributed by atoms with Gasteiger partial charge >= 0.3 is 0 Å².